The fraction of sp³-hybridized carbons (Fsp3) is 0.361. The van der Waals surface area contributed by atoms with Crippen molar-refractivity contribution in [3.8, 4) is 0 Å². The smallest absolute Gasteiger partial charge is 0.268 e. The summed E-state index contributed by atoms with van der Waals surface area (Å²) in [7, 11) is -2.91. The summed E-state index contributed by atoms with van der Waals surface area (Å²) in [5.41, 5.74) is 3.40. The van der Waals surface area contributed by atoms with Crippen molar-refractivity contribution in [1.82, 2.24) is 15.0 Å². The molecule has 2 amide bonds. The highest BCUT2D eigenvalue weighted by molar-refractivity contribution is 6.71. The molecule has 2 N–H and O–H groups in total. The van der Waals surface area contributed by atoms with Crippen LogP contribution in [0.1, 0.15) is 43.0 Å². The first-order chi connectivity index (χ1) is 23.1. The van der Waals surface area contributed by atoms with E-state index < -0.39 is 20.0 Å². The van der Waals surface area contributed by atoms with E-state index in [1.165, 1.54) is 5.01 Å². The van der Waals surface area contributed by atoms with Gasteiger partial charge in [-0.25, -0.2) is 5.01 Å². The molecule has 1 saturated heterocycles. The molecule has 0 bridgehead atoms. The van der Waals surface area contributed by atoms with Gasteiger partial charge < -0.3 is 14.6 Å². The number of aromatic nitrogens is 3. The van der Waals surface area contributed by atoms with Crippen LogP contribution in [0, 0.1) is 5.92 Å². The highest BCUT2D eigenvalue weighted by atomic mass is 28.4. The average molecular weight is 665 g/mol. The van der Waals surface area contributed by atoms with Crippen molar-refractivity contribution in [2.24, 2.45) is 11.0 Å². The van der Waals surface area contributed by atoms with Gasteiger partial charge in [0, 0.05) is 61.3 Å². The van der Waals surface area contributed by atoms with E-state index in [0.717, 1.165) is 11.3 Å². The van der Waals surface area contributed by atoms with E-state index in [-0.39, 0.29) is 29.9 Å². The Kier molecular flexibility index (Phi) is 8.36. The molecule has 0 saturated carbocycles. The minimum absolute atomic E-state index is 0.0137. The third-order valence-electron chi connectivity index (χ3n) is 9.87. The average Bonchev–Trinajstić information content (AvgIpc) is 3.73. The van der Waals surface area contributed by atoms with E-state index in [1.54, 1.807) is 15.8 Å². The third-order valence-corrected chi connectivity index (χ3v) is 12.4. The second-order valence-electron chi connectivity index (χ2n) is 13.4. The molecule has 4 aromatic rings. The number of rotatable bonds is 9. The summed E-state index contributed by atoms with van der Waals surface area (Å²) in [5.74, 6) is -0.726. The molecule has 0 unspecified atom stereocenters. The maximum absolute atomic E-state index is 14.9. The second kappa shape index (κ2) is 12.5. The van der Waals surface area contributed by atoms with E-state index in [2.05, 4.69) is 10.3 Å². The maximum Gasteiger partial charge on any atom is 0.268 e. The van der Waals surface area contributed by atoms with Crippen LogP contribution < -0.4 is 9.91 Å². The molecule has 4 atom stereocenters. The van der Waals surface area contributed by atoms with E-state index in [1.807, 2.05) is 98.9 Å². The van der Waals surface area contributed by atoms with Crippen LogP contribution in [0.3, 0.4) is 0 Å². The molecule has 1 fully saturated rings. The summed E-state index contributed by atoms with van der Waals surface area (Å²) in [5, 5.41) is 23.9. The Balaban J connectivity index is 1.32. The summed E-state index contributed by atoms with van der Waals surface area (Å²) in [4.78, 5) is 41.7. The molecule has 7 rings (SSSR count). The van der Waals surface area contributed by atoms with Crippen molar-refractivity contribution in [1.29, 1.82) is 0 Å². The van der Waals surface area contributed by atoms with Crippen LogP contribution in [-0.2, 0) is 32.9 Å². The van der Waals surface area contributed by atoms with Crippen LogP contribution in [0.2, 0.25) is 18.6 Å². The number of para-hydroxylation sites is 1. The van der Waals surface area contributed by atoms with Gasteiger partial charge in [0.15, 0.2) is 13.9 Å². The van der Waals surface area contributed by atoms with Gasteiger partial charge in [-0.1, -0.05) is 60.7 Å². The number of amides is 2. The lowest BCUT2D eigenvalue weighted by Crippen LogP contribution is -2.45. The van der Waals surface area contributed by atoms with Crippen molar-refractivity contribution < 1.29 is 24.2 Å². The van der Waals surface area contributed by atoms with Gasteiger partial charge in [0.25, 0.3) is 5.91 Å². The quantitative estimate of drug-likeness (QED) is 0.243. The Morgan fingerprint density at radius 1 is 0.979 bits per heavy atom. The number of aliphatic hydroxyl groups excluding tert-OH is 1. The Bertz CT molecular complexity index is 1860. The first kappa shape index (κ1) is 32.1. The van der Waals surface area contributed by atoms with Crippen molar-refractivity contribution in [2.45, 2.75) is 69.5 Å². The number of aliphatic hydroxyl groups is 1. The summed E-state index contributed by atoms with van der Waals surface area (Å²) in [6.07, 6.45) is 3.13. The van der Waals surface area contributed by atoms with Crippen LogP contribution in [0.4, 0.5) is 17.1 Å². The number of carbonyl (C=O) groups is 2. The van der Waals surface area contributed by atoms with E-state index >= 15 is 0 Å². The zero-order valence-electron chi connectivity index (χ0n) is 27.4. The van der Waals surface area contributed by atoms with Gasteiger partial charge in [-0.15, -0.1) is 5.10 Å². The number of carbonyl (C=O) groups excluding carboxylic acids is 2. The monoisotopic (exact) mass is 664 g/mol. The lowest BCUT2D eigenvalue weighted by molar-refractivity contribution is -0.145. The van der Waals surface area contributed by atoms with Crippen molar-refractivity contribution >= 4 is 42.9 Å². The minimum Gasteiger partial charge on any atom is -0.432 e. The van der Waals surface area contributed by atoms with Crippen LogP contribution in [0.15, 0.2) is 90.2 Å². The molecule has 3 aromatic carbocycles. The highest BCUT2D eigenvalue weighted by Gasteiger charge is 2.66. The fourth-order valence-electron chi connectivity index (χ4n) is 7.75. The van der Waals surface area contributed by atoms with Gasteiger partial charge in [-0.2, -0.15) is 5.10 Å². The first-order valence-electron chi connectivity index (χ1n) is 16.5. The first-order valence-corrected chi connectivity index (χ1v) is 19.5. The molecule has 248 valence electrons. The number of fused-ring (bicyclic) bond motifs is 2. The minimum atomic E-state index is -2.91. The van der Waals surface area contributed by atoms with E-state index in [4.69, 9.17) is 9.84 Å². The lowest BCUT2D eigenvalue weighted by Gasteiger charge is -2.32. The van der Waals surface area contributed by atoms with Crippen LogP contribution >= 0.6 is 0 Å². The van der Waals surface area contributed by atoms with Crippen molar-refractivity contribution in [3.05, 3.63) is 102 Å². The normalized spacial score (nSPS) is 24.0. The van der Waals surface area contributed by atoms with Gasteiger partial charge in [0.2, 0.25) is 5.91 Å². The van der Waals surface area contributed by atoms with Gasteiger partial charge >= 0.3 is 0 Å². The number of nitrogens with zero attached hydrogens (tertiary/aromatic N) is 6. The van der Waals surface area contributed by atoms with E-state index in [9.17, 15) is 19.5 Å². The van der Waals surface area contributed by atoms with E-state index in [0.29, 0.717) is 60.5 Å². The number of benzene rings is 3. The molecule has 12 heteroatoms. The Morgan fingerprint density at radius 2 is 1.71 bits per heavy atom. The number of hydrazone groups is 1. The lowest BCUT2D eigenvalue weighted by atomic mass is 9.82. The number of anilines is 3. The zero-order chi connectivity index (χ0) is 33.6. The van der Waals surface area contributed by atoms with Gasteiger partial charge in [-0.3, -0.25) is 19.2 Å². The molecule has 1 aromatic heterocycles. The summed E-state index contributed by atoms with van der Waals surface area (Å²) in [6, 6.07) is 24.9. The molecule has 0 aliphatic carbocycles. The molecule has 0 radical (unpaired) electrons. The topological polar surface area (TPSA) is 133 Å². The summed E-state index contributed by atoms with van der Waals surface area (Å²) in [6.45, 7) is 6.26. The van der Waals surface area contributed by atoms with Crippen molar-refractivity contribution in [2.75, 3.05) is 16.5 Å². The molecular formula is C36H40N6O5Si. The molecule has 4 heterocycles. The molecule has 3 aliphatic rings. The Hall–Kier alpha value is -4.49. The molecule has 48 heavy (non-hydrogen) atoms. The maximum atomic E-state index is 14.9. The third kappa shape index (κ3) is 5.48. The SMILES string of the molecule is C[C@@H]1[C@@H]([Si](C)(C)O)[C@H](CCn2cc(CCO)nn2)O[C@@]12C(=O)N(c1ccccc1)c1ccc(N3N=C(c4ccccc4)CCC3=O)cc12. The van der Waals surface area contributed by atoms with Gasteiger partial charge in [0.05, 0.1) is 28.9 Å². The Morgan fingerprint density at radius 3 is 2.42 bits per heavy atom. The molecule has 1 spiro atoms. The van der Waals surface area contributed by atoms with Crippen LogP contribution in [-0.4, -0.2) is 63.5 Å². The number of aryl methyl sites for hydroxylation is 1. The fourth-order valence-corrected chi connectivity index (χ4v) is 10.4. The number of hydrogen-bond acceptors (Lipinski definition) is 8. The van der Waals surface area contributed by atoms with Gasteiger partial charge in [-0.05, 0) is 55.4 Å². The number of ether oxygens (including phenoxy) is 1. The number of hydrogen-bond donors (Lipinski definition) is 2. The predicted molar refractivity (Wildman–Crippen MR) is 184 cm³/mol. The van der Waals surface area contributed by atoms with Gasteiger partial charge in [0.1, 0.15) is 0 Å². The summed E-state index contributed by atoms with van der Waals surface area (Å²) < 4.78 is 8.75. The molecular weight excluding hydrogens is 625 g/mol. The molecule has 3 aliphatic heterocycles. The van der Waals surface area contributed by atoms with Crippen molar-refractivity contribution in [3.63, 3.8) is 0 Å². The summed E-state index contributed by atoms with van der Waals surface area (Å²) >= 11 is 0. The second-order valence-corrected chi connectivity index (χ2v) is 17.4. The van der Waals surface area contributed by atoms with Crippen LogP contribution in [0.5, 0.6) is 0 Å². The zero-order valence-corrected chi connectivity index (χ0v) is 28.4. The Labute approximate surface area is 280 Å². The highest BCUT2D eigenvalue weighted by Crippen LogP contribution is 2.61. The van der Waals surface area contributed by atoms with Crippen LogP contribution in [0.25, 0.3) is 0 Å². The predicted octanol–water partition coefficient (Wildman–Crippen LogP) is 4.91. The molecule has 11 nitrogen and oxygen atoms in total. The largest absolute Gasteiger partial charge is 0.432 e. The standard InChI is InChI=1S/C36H40N6O5Si/c1-24-34(48(2,3)46)32(18-20-40-23-26(19-21-43)37-39-40)47-36(24)29-22-28(14-16-31(29)41(35(36)45)27-12-8-5-9-13-27)42-33(44)17-15-30(38-42)25-10-6-4-7-11-25/h4-14,16,22-24,32,34,43,46H,15,17-21H2,1-3H3/t24-,32+,34-,36+/m1/s1.